The van der Waals surface area contributed by atoms with Gasteiger partial charge in [0.05, 0.1) is 19.3 Å². The third-order valence-electron chi connectivity index (χ3n) is 7.76. The van der Waals surface area contributed by atoms with Crippen molar-refractivity contribution in [2.24, 2.45) is 0 Å². The Morgan fingerprint density at radius 1 is 0.703 bits per heavy atom. The number of halogens is 3. The Morgan fingerprint density at radius 2 is 1.41 bits per heavy atom. The van der Waals surface area contributed by atoms with Gasteiger partial charge in [0, 0.05) is 17.0 Å². The fourth-order valence-corrected chi connectivity index (χ4v) is 5.40. The second-order valence-corrected chi connectivity index (χ2v) is 10.4. The lowest BCUT2D eigenvalue weighted by atomic mass is 9.88. The van der Waals surface area contributed by atoms with E-state index in [1.54, 1.807) is 30.3 Å². The number of benzene rings is 3. The molecular weight excluding hydrogens is 473 g/mol. The molecule has 3 aromatic carbocycles. The molecule has 3 atom stereocenters. The standard InChI is InChI=1S/C32H35F3O2/c1-2-3-4-5-6-7-25-14-12-24(19-36-25)26-15-13-23(18-29(26)33)21-8-10-22(11-9-21)27-16-17-28(30-20-37-30)32(35)31(27)34/h8-11,13,15-18,24-25,30H,2-7,12,14,19-20H2,1H3. The van der Waals surface area contributed by atoms with Crippen LogP contribution in [0.5, 0.6) is 0 Å². The number of epoxide rings is 1. The first-order valence-corrected chi connectivity index (χ1v) is 13.7. The van der Waals surface area contributed by atoms with E-state index in [0.717, 1.165) is 30.4 Å². The van der Waals surface area contributed by atoms with E-state index in [4.69, 9.17) is 9.47 Å². The highest BCUT2D eigenvalue weighted by Crippen LogP contribution is 2.37. The number of hydrogen-bond donors (Lipinski definition) is 0. The number of hydrogen-bond acceptors (Lipinski definition) is 2. The Hall–Kier alpha value is -2.63. The zero-order valence-electron chi connectivity index (χ0n) is 21.4. The van der Waals surface area contributed by atoms with E-state index >= 15 is 4.39 Å². The van der Waals surface area contributed by atoms with E-state index in [9.17, 15) is 8.78 Å². The Labute approximate surface area is 217 Å². The van der Waals surface area contributed by atoms with Crippen molar-refractivity contribution in [3.05, 3.63) is 83.2 Å². The van der Waals surface area contributed by atoms with Crippen molar-refractivity contribution in [1.82, 2.24) is 0 Å². The first-order valence-electron chi connectivity index (χ1n) is 13.7. The maximum absolute atomic E-state index is 15.1. The van der Waals surface area contributed by atoms with Crippen LogP contribution in [0.2, 0.25) is 0 Å². The molecule has 5 heteroatoms. The molecule has 2 saturated heterocycles. The highest BCUT2D eigenvalue weighted by molar-refractivity contribution is 5.71. The molecule has 2 aliphatic rings. The van der Waals surface area contributed by atoms with E-state index in [-0.39, 0.29) is 29.0 Å². The van der Waals surface area contributed by atoms with Crippen LogP contribution in [0.3, 0.4) is 0 Å². The summed E-state index contributed by atoms with van der Waals surface area (Å²) < 4.78 is 55.4. The van der Waals surface area contributed by atoms with Gasteiger partial charge in [0.1, 0.15) is 11.9 Å². The van der Waals surface area contributed by atoms with Crippen LogP contribution in [-0.2, 0) is 9.47 Å². The second-order valence-electron chi connectivity index (χ2n) is 10.4. The van der Waals surface area contributed by atoms with E-state index in [0.29, 0.717) is 30.4 Å². The molecule has 0 spiro atoms. The van der Waals surface area contributed by atoms with Gasteiger partial charge in [-0.25, -0.2) is 13.2 Å². The lowest BCUT2D eigenvalue weighted by molar-refractivity contribution is -0.00273. The molecule has 196 valence electrons. The topological polar surface area (TPSA) is 21.8 Å². The maximum Gasteiger partial charge on any atom is 0.167 e. The van der Waals surface area contributed by atoms with Gasteiger partial charge in [-0.3, -0.25) is 0 Å². The van der Waals surface area contributed by atoms with Gasteiger partial charge in [0.25, 0.3) is 0 Å². The van der Waals surface area contributed by atoms with Gasteiger partial charge in [-0.2, -0.15) is 0 Å². The lowest BCUT2D eigenvalue weighted by Gasteiger charge is -2.29. The third kappa shape index (κ3) is 6.10. The minimum atomic E-state index is -0.871. The Kier molecular flexibility index (Phi) is 8.31. The Balaban J connectivity index is 1.21. The van der Waals surface area contributed by atoms with Crippen molar-refractivity contribution in [2.45, 2.75) is 76.4 Å². The number of rotatable bonds is 10. The first-order chi connectivity index (χ1) is 18.0. The van der Waals surface area contributed by atoms with Crippen molar-refractivity contribution >= 4 is 0 Å². The molecule has 37 heavy (non-hydrogen) atoms. The van der Waals surface area contributed by atoms with Crippen LogP contribution in [0.15, 0.2) is 54.6 Å². The maximum atomic E-state index is 15.1. The number of ether oxygens (including phenoxy) is 2. The first kappa shape index (κ1) is 26.0. The predicted molar refractivity (Wildman–Crippen MR) is 141 cm³/mol. The lowest BCUT2D eigenvalue weighted by Crippen LogP contribution is -2.25. The summed E-state index contributed by atoms with van der Waals surface area (Å²) in [5.74, 6) is -1.87. The molecule has 2 fully saturated rings. The molecular formula is C32H35F3O2. The molecule has 0 saturated carbocycles. The molecule has 3 unspecified atom stereocenters. The summed E-state index contributed by atoms with van der Waals surface area (Å²) in [6.07, 6.45) is 9.31. The van der Waals surface area contributed by atoms with E-state index in [1.807, 2.05) is 24.3 Å². The molecule has 2 aliphatic heterocycles. The minimum Gasteiger partial charge on any atom is -0.378 e. The largest absolute Gasteiger partial charge is 0.378 e. The van der Waals surface area contributed by atoms with Gasteiger partial charge in [0.2, 0.25) is 0 Å². The van der Waals surface area contributed by atoms with Crippen LogP contribution in [-0.4, -0.2) is 19.3 Å². The fraction of sp³-hybridized carbons (Fsp3) is 0.438. The van der Waals surface area contributed by atoms with Crippen LogP contribution < -0.4 is 0 Å². The van der Waals surface area contributed by atoms with Crippen molar-refractivity contribution in [3.8, 4) is 22.3 Å². The van der Waals surface area contributed by atoms with Crippen LogP contribution in [0, 0.1) is 17.5 Å². The highest BCUT2D eigenvalue weighted by Gasteiger charge is 2.30. The Morgan fingerprint density at radius 3 is 2.08 bits per heavy atom. The zero-order chi connectivity index (χ0) is 25.8. The average molecular weight is 509 g/mol. The molecule has 0 radical (unpaired) electrons. The van der Waals surface area contributed by atoms with Crippen molar-refractivity contribution in [3.63, 3.8) is 0 Å². The third-order valence-corrected chi connectivity index (χ3v) is 7.76. The summed E-state index contributed by atoms with van der Waals surface area (Å²) in [4.78, 5) is 0. The van der Waals surface area contributed by atoms with Crippen LogP contribution in [0.4, 0.5) is 13.2 Å². The van der Waals surface area contributed by atoms with Gasteiger partial charge >= 0.3 is 0 Å². The molecule has 0 amide bonds. The van der Waals surface area contributed by atoms with Gasteiger partial charge in [-0.15, -0.1) is 0 Å². The van der Waals surface area contributed by atoms with Crippen LogP contribution in [0.1, 0.15) is 81.4 Å². The van der Waals surface area contributed by atoms with Crippen LogP contribution in [0.25, 0.3) is 22.3 Å². The molecule has 5 rings (SSSR count). The summed E-state index contributed by atoms with van der Waals surface area (Å²) in [7, 11) is 0. The Bertz CT molecular complexity index is 1200. The summed E-state index contributed by atoms with van der Waals surface area (Å²) in [5, 5.41) is 0. The zero-order valence-corrected chi connectivity index (χ0v) is 21.4. The summed E-state index contributed by atoms with van der Waals surface area (Å²) in [6, 6.07) is 15.6. The van der Waals surface area contributed by atoms with Crippen molar-refractivity contribution < 1.29 is 22.6 Å². The SMILES string of the molecule is CCCCCCCC1CCC(c2ccc(-c3ccc(-c4ccc(C5CO5)c(F)c4F)cc3)cc2F)CO1. The molecule has 0 aliphatic carbocycles. The predicted octanol–water partition coefficient (Wildman–Crippen LogP) is 9.13. The normalized spacial score (nSPS) is 21.2. The molecule has 2 nitrogen and oxygen atoms in total. The summed E-state index contributed by atoms with van der Waals surface area (Å²) in [6.45, 7) is 3.22. The summed E-state index contributed by atoms with van der Waals surface area (Å²) >= 11 is 0. The second kappa shape index (κ2) is 11.8. The smallest absolute Gasteiger partial charge is 0.167 e. The summed E-state index contributed by atoms with van der Waals surface area (Å²) in [5.41, 5.74) is 3.31. The van der Waals surface area contributed by atoms with Crippen LogP contribution >= 0.6 is 0 Å². The monoisotopic (exact) mass is 508 g/mol. The molecule has 0 aromatic heterocycles. The van der Waals surface area contributed by atoms with Crippen molar-refractivity contribution in [2.75, 3.05) is 13.2 Å². The molecule has 0 bridgehead atoms. The van der Waals surface area contributed by atoms with Gasteiger partial charge in [-0.1, -0.05) is 87.6 Å². The fourth-order valence-electron chi connectivity index (χ4n) is 5.40. The van der Waals surface area contributed by atoms with E-state index in [2.05, 4.69) is 6.92 Å². The average Bonchev–Trinajstić information content (AvgIpc) is 3.76. The molecule has 0 N–H and O–H groups in total. The number of unbranched alkanes of at least 4 members (excludes halogenated alkanes) is 4. The van der Waals surface area contributed by atoms with Crippen molar-refractivity contribution in [1.29, 1.82) is 0 Å². The van der Waals surface area contributed by atoms with E-state index in [1.165, 1.54) is 32.1 Å². The molecule has 2 heterocycles. The van der Waals surface area contributed by atoms with Gasteiger partial charge in [0.15, 0.2) is 11.6 Å². The quantitative estimate of drug-likeness (QED) is 0.201. The molecule has 3 aromatic rings. The highest BCUT2D eigenvalue weighted by atomic mass is 19.2. The van der Waals surface area contributed by atoms with Gasteiger partial charge in [-0.05, 0) is 47.6 Å². The minimum absolute atomic E-state index is 0.0784. The van der Waals surface area contributed by atoms with Gasteiger partial charge < -0.3 is 9.47 Å². The van der Waals surface area contributed by atoms with E-state index < -0.39 is 11.6 Å².